The summed E-state index contributed by atoms with van der Waals surface area (Å²) < 4.78 is 15.9. The van der Waals surface area contributed by atoms with Crippen molar-refractivity contribution in [1.82, 2.24) is 5.32 Å². The van der Waals surface area contributed by atoms with Gasteiger partial charge in [0.25, 0.3) is 11.8 Å². The van der Waals surface area contributed by atoms with Crippen molar-refractivity contribution < 1.29 is 28.6 Å². The smallest absolute Gasteiger partial charge is 0.335 e. The number of benzene rings is 2. The second-order valence-electron chi connectivity index (χ2n) is 7.32. The molecule has 168 valence electrons. The van der Waals surface area contributed by atoms with E-state index < -0.39 is 17.8 Å². The van der Waals surface area contributed by atoms with Crippen LogP contribution < -0.4 is 24.4 Å². The van der Waals surface area contributed by atoms with Gasteiger partial charge in [-0.2, -0.15) is 0 Å². The van der Waals surface area contributed by atoms with Gasteiger partial charge in [-0.15, -0.1) is 0 Å². The number of carbonyl (C=O) groups is 3. The number of ether oxygens (including phenoxy) is 3. The summed E-state index contributed by atoms with van der Waals surface area (Å²) in [5.41, 5.74) is 1.76. The van der Waals surface area contributed by atoms with Gasteiger partial charge in [0.05, 0.1) is 27.0 Å². The minimum absolute atomic E-state index is 0.190. The van der Waals surface area contributed by atoms with E-state index in [1.54, 1.807) is 24.3 Å². The topological polar surface area (TPSA) is 94.2 Å². The van der Waals surface area contributed by atoms with Crippen LogP contribution in [0.2, 0.25) is 0 Å². The lowest BCUT2D eigenvalue weighted by Crippen LogP contribution is -2.54. The van der Waals surface area contributed by atoms with Crippen molar-refractivity contribution in [1.29, 1.82) is 0 Å². The molecule has 1 fully saturated rings. The van der Waals surface area contributed by atoms with Crippen LogP contribution in [0.5, 0.6) is 17.2 Å². The Bertz CT molecular complexity index is 1050. The van der Waals surface area contributed by atoms with Crippen molar-refractivity contribution in [3.63, 3.8) is 0 Å². The number of nitrogens with one attached hydrogen (secondary N) is 1. The molecule has 0 aliphatic carbocycles. The fourth-order valence-electron chi connectivity index (χ4n) is 3.43. The van der Waals surface area contributed by atoms with Crippen LogP contribution in [0.4, 0.5) is 10.5 Å². The minimum Gasteiger partial charge on any atom is -0.493 e. The van der Waals surface area contributed by atoms with Crippen LogP contribution in [-0.2, 0) is 9.59 Å². The Hall–Kier alpha value is -3.81. The van der Waals surface area contributed by atoms with E-state index in [2.05, 4.69) is 19.2 Å². The normalized spacial score (nSPS) is 16.1. The number of amides is 4. The van der Waals surface area contributed by atoms with E-state index in [-0.39, 0.29) is 5.57 Å². The molecule has 1 atom stereocenters. The quantitative estimate of drug-likeness (QED) is 0.521. The third kappa shape index (κ3) is 4.30. The summed E-state index contributed by atoms with van der Waals surface area (Å²) >= 11 is 0. The molecular formula is C24H26N2O6. The summed E-state index contributed by atoms with van der Waals surface area (Å²) in [4.78, 5) is 39.0. The van der Waals surface area contributed by atoms with Crippen LogP contribution >= 0.6 is 0 Å². The summed E-state index contributed by atoms with van der Waals surface area (Å²) in [6, 6.07) is 9.58. The third-order valence-electron chi connectivity index (χ3n) is 5.43. The second-order valence-corrected chi connectivity index (χ2v) is 7.32. The zero-order valence-electron chi connectivity index (χ0n) is 18.7. The average molecular weight is 438 g/mol. The Labute approximate surface area is 186 Å². The Kier molecular flexibility index (Phi) is 6.82. The molecule has 2 aromatic carbocycles. The van der Waals surface area contributed by atoms with Crippen LogP contribution in [0.25, 0.3) is 6.08 Å². The maximum Gasteiger partial charge on any atom is 0.335 e. The Morgan fingerprint density at radius 2 is 1.56 bits per heavy atom. The van der Waals surface area contributed by atoms with Crippen molar-refractivity contribution in [2.45, 2.75) is 26.2 Å². The van der Waals surface area contributed by atoms with Gasteiger partial charge in [0.2, 0.25) is 5.75 Å². The van der Waals surface area contributed by atoms with E-state index in [0.717, 1.165) is 16.9 Å². The molecule has 0 saturated carbocycles. The maximum atomic E-state index is 13.1. The molecule has 0 radical (unpaired) electrons. The monoisotopic (exact) mass is 438 g/mol. The molecule has 32 heavy (non-hydrogen) atoms. The molecule has 8 heteroatoms. The van der Waals surface area contributed by atoms with Crippen LogP contribution in [0, 0.1) is 0 Å². The van der Waals surface area contributed by atoms with Gasteiger partial charge in [-0.3, -0.25) is 14.9 Å². The van der Waals surface area contributed by atoms with Crippen LogP contribution in [0.3, 0.4) is 0 Å². The van der Waals surface area contributed by atoms with Crippen LogP contribution in [0.1, 0.15) is 37.3 Å². The van der Waals surface area contributed by atoms with Gasteiger partial charge in [-0.05, 0) is 53.8 Å². The second kappa shape index (κ2) is 9.55. The Balaban J connectivity index is 2.01. The summed E-state index contributed by atoms with van der Waals surface area (Å²) in [7, 11) is 4.42. The molecule has 1 aliphatic heterocycles. The first kappa shape index (κ1) is 22.9. The number of anilines is 1. The van der Waals surface area contributed by atoms with Gasteiger partial charge < -0.3 is 14.2 Å². The molecule has 3 rings (SSSR count). The molecule has 0 aromatic heterocycles. The third-order valence-corrected chi connectivity index (χ3v) is 5.43. The maximum absolute atomic E-state index is 13.1. The average Bonchev–Trinajstić information content (AvgIpc) is 2.80. The number of hydrogen-bond donors (Lipinski definition) is 1. The molecule has 4 amide bonds. The molecule has 1 unspecified atom stereocenters. The lowest BCUT2D eigenvalue weighted by Gasteiger charge is -2.26. The predicted molar refractivity (Wildman–Crippen MR) is 120 cm³/mol. The SMILES string of the molecule is CCC(C)c1ccc(N2C(=O)NC(=O)C(=Cc3cc(OC)c(OC)c(OC)c3)C2=O)cc1. The first-order valence-electron chi connectivity index (χ1n) is 10.2. The number of imide groups is 2. The summed E-state index contributed by atoms with van der Waals surface area (Å²) in [6.45, 7) is 4.19. The van der Waals surface area contributed by atoms with Gasteiger partial charge >= 0.3 is 6.03 Å². The van der Waals surface area contributed by atoms with Gasteiger partial charge in [0.1, 0.15) is 5.57 Å². The number of urea groups is 1. The van der Waals surface area contributed by atoms with E-state index >= 15 is 0 Å². The van der Waals surface area contributed by atoms with Gasteiger partial charge in [-0.1, -0.05) is 26.0 Å². The van der Waals surface area contributed by atoms with E-state index in [1.165, 1.54) is 27.4 Å². The van der Waals surface area contributed by atoms with E-state index in [4.69, 9.17) is 14.2 Å². The summed E-state index contributed by atoms with van der Waals surface area (Å²) in [5.74, 6) is -0.0151. The van der Waals surface area contributed by atoms with Gasteiger partial charge in [0, 0.05) is 0 Å². The molecule has 1 N–H and O–H groups in total. The number of rotatable bonds is 7. The molecule has 1 saturated heterocycles. The highest BCUT2D eigenvalue weighted by Crippen LogP contribution is 2.39. The molecule has 1 aliphatic rings. The van der Waals surface area contributed by atoms with Gasteiger partial charge in [0.15, 0.2) is 11.5 Å². The highest BCUT2D eigenvalue weighted by Gasteiger charge is 2.37. The zero-order valence-corrected chi connectivity index (χ0v) is 18.7. The van der Waals surface area contributed by atoms with Crippen molar-refractivity contribution in [2.24, 2.45) is 0 Å². The number of nitrogens with zero attached hydrogens (tertiary/aromatic N) is 1. The minimum atomic E-state index is -0.793. The highest BCUT2D eigenvalue weighted by atomic mass is 16.5. The van der Waals surface area contributed by atoms with E-state index in [9.17, 15) is 14.4 Å². The molecule has 1 heterocycles. The molecule has 0 spiro atoms. The van der Waals surface area contributed by atoms with Crippen molar-refractivity contribution in [2.75, 3.05) is 26.2 Å². The first-order valence-corrected chi connectivity index (χ1v) is 10.2. The predicted octanol–water partition coefficient (Wildman–Crippen LogP) is 3.89. The van der Waals surface area contributed by atoms with E-state index in [0.29, 0.717) is 34.4 Å². The summed E-state index contributed by atoms with van der Waals surface area (Å²) in [5, 5.41) is 2.23. The lowest BCUT2D eigenvalue weighted by atomic mass is 9.98. The molecular weight excluding hydrogens is 412 g/mol. The van der Waals surface area contributed by atoms with Gasteiger partial charge in [-0.25, -0.2) is 9.69 Å². The lowest BCUT2D eigenvalue weighted by molar-refractivity contribution is -0.122. The fraction of sp³-hybridized carbons (Fsp3) is 0.292. The Morgan fingerprint density at radius 3 is 2.06 bits per heavy atom. The number of methoxy groups -OCH3 is 3. The van der Waals surface area contributed by atoms with Crippen molar-refractivity contribution in [3.8, 4) is 17.2 Å². The first-order chi connectivity index (χ1) is 15.3. The Morgan fingerprint density at radius 1 is 0.969 bits per heavy atom. The summed E-state index contributed by atoms with van der Waals surface area (Å²) in [6.07, 6.45) is 2.35. The number of hydrogen-bond acceptors (Lipinski definition) is 6. The zero-order chi connectivity index (χ0) is 23.4. The largest absolute Gasteiger partial charge is 0.493 e. The van der Waals surface area contributed by atoms with Crippen LogP contribution in [-0.4, -0.2) is 39.2 Å². The number of carbonyl (C=O) groups excluding carboxylic acids is 3. The number of barbiturate groups is 1. The fourth-order valence-corrected chi connectivity index (χ4v) is 3.43. The van der Waals surface area contributed by atoms with Crippen molar-refractivity contribution >= 4 is 29.6 Å². The molecule has 8 nitrogen and oxygen atoms in total. The standard InChI is InChI=1S/C24H26N2O6/c1-6-14(2)16-7-9-17(10-8-16)26-23(28)18(22(27)25-24(26)29)11-15-12-19(30-3)21(32-5)20(13-15)31-4/h7-14H,6H2,1-5H3,(H,25,27,29). The molecule has 0 bridgehead atoms. The highest BCUT2D eigenvalue weighted by molar-refractivity contribution is 6.39. The van der Waals surface area contributed by atoms with Crippen LogP contribution in [0.15, 0.2) is 42.0 Å². The molecule has 2 aromatic rings. The van der Waals surface area contributed by atoms with E-state index in [1.807, 2.05) is 12.1 Å². The van der Waals surface area contributed by atoms with Crippen molar-refractivity contribution in [3.05, 3.63) is 53.1 Å².